The van der Waals surface area contributed by atoms with Crippen molar-refractivity contribution in [3.05, 3.63) is 75.9 Å². The van der Waals surface area contributed by atoms with E-state index < -0.39 is 0 Å². The van der Waals surface area contributed by atoms with Gasteiger partial charge in [0.15, 0.2) is 5.11 Å². The van der Waals surface area contributed by atoms with Crippen molar-refractivity contribution in [2.45, 2.75) is 6.54 Å². The molecule has 1 aliphatic rings. The van der Waals surface area contributed by atoms with Crippen LogP contribution in [-0.2, 0) is 11.3 Å². The molecule has 0 aromatic heterocycles. The predicted molar refractivity (Wildman–Crippen MR) is 96.9 cm³/mol. The van der Waals surface area contributed by atoms with Crippen LogP contribution in [0.15, 0.2) is 54.2 Å². The molecule has 0 spiro atoms. The van der Waals surface area contributed by atoms with Gasteiger partial charge in [0, 0.05) is 5.02 Å². The first-order valence-electron chi connectivity index (χ1n) is 7.16. The van der Waals surface area contributed by atoms with E-state index in [0.717, 1.165) is 11.1 Å². The summed E-state index contributed by atoms with van der Waals surface area (Å²) in [6.45, 7) is 0.315. The molecule has 0 atom stereocenters. The fourth-order valence-corrected chi connectivity index (χ4v) is 2.79. The summed E-state index contributed by atoms with van der Waals surface area (Å²) in [5.74, 6) is -0.204. The summed E-state index contributed by atoms with van der Waals surface area (Å²) in [5.41, 5.74) is 2.61. The maximum absolute atomic E-state index is 12.6. The summed E-state index contributed by atoms with van der Waals surface area (Å²) in [4.78, 5) is 14.0. The van der Waals surface area contributed by atoms with E-state index >= 15 is 0 Å². The number of amides is 1. The topological polar surface area (TPSA) is 56.1 Å². The molecule has 1 aliphatic heterocycles. The molecule has 2 aromatic carbocycles. The van der Waals surface area contributed by atoms with E-state index in [4.69, 9.17) is 29.1 Å². The molecule has 118 valence electrons. The lowest BCUT2D eigenvalue weighted by Gasteiger charge is -2.14. The highest BCUT2D eigenvalue weighted by atomic mass is 35.5. The van der Waals surface area contributed by atoms with Crippen LogP contribution in [0.25, 0.3) is 6.08 Å². The van der Waals surface area contributed by atoms with Crippen molar-refractivity contribution in [2.75, 3.05) is 0 Å². The van der Waals surface area contributed by atoms with Crippen LogP contribution in [0.4, 0.5) is 0 Å². The number of nitriles is 1. The van der Waals surface area contributed by atoms with Gasteiger partial charge in [-0.25, -0.2) is 0 Å². The summed E-state index contributed by atoms with van der Waals surface area (Å²) in [5, 5.41) is 12.7. The van der Waals surface area contributed by atoms with Crippen LogP contribution >= 0.6 is 23.8 Å². The van der Waals surface area contributed by atoms with E-state index in [-0.39, 0.29) is 5.91 Å². The van der Waals surface area contributed by atoms with Gasteiger partial charge in [-0.2, -0.15) is 5.26 Å². The van der Waals surface area contributed by atoms with E-state index in [1.165, 1.54) is 4.90 Å². The molecule has 1 saturated heterocycles. The highest BCUT2D eigenvalue weighted by Gasteiger charge is 2.30. The fraction of sp³-hybridized carbons (Fsp3) is 0.0556. The Labute approximate surface area is 150 Å². The molecule has 1 N–H and O–H groups in total. The normalized spacial score (nSPS) is 15.5. The number of hydrogen-bond acceptors (Lipinski definition) is 3. The SMILES string of the molecule is N#Cc1ccc(/C=C2/NC(=S)N(Cc3ccccc3Cl)C2=O)cc1. The number of carbonyl (C=O) groups is 1. The Balaban J connectivity index is 1.82. The lowest BCUT2D eigenvalue weighted by molar-refractivity contribution is -0.122. The zero-order chi connectivity index (χ0) is 17.1. The van der Waals surface area contributed by atoms with Gasteiger partial charge < -0.3 is 5.32 Å². The van der Waals surface area contributed by atoms with Crippen molar-refractivity contribution >= 4 is 40.9 Å². The number of nitrogens with zero attached hydrogens (tertiary/aromatic N) is 2. The molecular weight excluding hydrogens is 342 g/mol. The Hall–Kier alpha value is -2.68. The minimum absolute atomic E-state index is 0.204. The zero-order valence-corrected chi connectivity index (χ0v) is 14.1. The first-order valence-corrected chi connectivity index (χ1v) is 7.95. The molecule has 1 heterocycles. The molecule has 0 saturated carbocycles. The maximum Gasteiger partial charge on any atom is 0.276 e. The number of benzene rings is 2. The van der Waals surface area contributed by atoms with Gasteiger partial charge in [0.05, 0.1) is 18.2 Å². The largest absolute Gasteiger partial charge is 0.328 e. The molecular formula is C18H12ClN3OS. The predicted octanol–water partition coefficient (Wildman–Crippen LogP) is 3.47. The molecule has 0 aliphatic carbocycles. The summed E-state index contributed by atoms with van der Waals surface area (Å²) < 4.78 is 0. The summed E-state index contributed by atoms with van der Waals surface area (Å²) in [6.07, 6.45) is 1.71. The minimum Gasteiger partial charge on any atom is -0.328 e. The van der Waals surface area contributed by atoms with Crippen LogP contribution < -0.4 is 5.32 Å². The molecule has 2 aromatic rings. The van der Waals surface area contributed by atoms with E-state index in [0.29, 0.717) is 27.9 Å². The smallest absolute Gasteiger partial charge is 0.276 e. The van der Waals surface area contributed by atoms with Crippen molar-refractivity contribution in [3.8, 4) is 6.07 Å². The van der Waals surface area contributed by atoms with Crippen molar-refractivity contribution in [3.63, 3.8) is 0 Å². The molecule has 6 heteroatoms. The number of rotatable bonds is 3. The Morgan fingerprint density at radius 3 is 2.58 bits per heavy atom. The third-order valence-corrected chi connectivity index (χ3v) is 4.29. The first-order chi connectivity index (χ1) is 11.6. The second-order valence-corrected chi connectivity index (χ2v) is 6.00. The third kappa shape index (κ3) is 3.30. The summed E-state index contributed by atoms with van der Waals surface area (Å²) in [6, 6.07) is 16.4. The van der Waals surface area contributed by atoms with Crippen molar-refractivity contribution in [1.82, 2.24) is 10.2 Å². The lowest BCUT2D eigenvalue weighted by Crippen LogP contribution is -2.30. The van der Waals surface area contributed by atoms with E-state index in [1.54, 1.807) is 36.4 Å². The number of nitrogens with one attached hydrogen (secondary N) is 1. The Bertz CT molecular complexity index is 884. The molecule has 1 amide bonds. The van der Waals surface area contributed by atoms with Gasteiger partial charge in [0.25, 0.3) is 5.91 Å². The molecule has 24 heavy (non-hydrogen) atoms. The van der Waals surface area contributed by atoms with Gasteiger partial charge >= 0.3 is 0 Å². The number of thiocarbonyl (C=S) groups is 1. The van der Waals surface area contributed by atoms with E-state index in [1.807, 2.05) is 18.2 Å². The lowest BCUT2D eigenvalue weighted by atomic mass is 10.1. The van der Waals surface area contributed by atoms with Crippen molar-refractivity contribution in [1.29, 1.82) is 5.26 Å². The maximum atomic E-state index is 12.6. The standard InChI is InChI=1S/C18H12ClN3OS/c19-15-4-2-1-3-14(15)11-22-17(23)16(21-18(22)24)9-12-5-7-13(10-20)8-6-12/h1-9H,11H2,(H,21,24)/b16-9+. The van der Waals surface area contributed by atoms with Gasteiger partial charge in [-0.1, -0.05) is 41.9 Å². The van der Waals surface area contributed by atoms with Crippen LogP contribution in [-0.4, -0.2) is 15.9 Å². The Morgan fingerprint density at radius 1 is 1.21 bits per heavy atom. The second-order valence-electron chi connectivity index (χ2n) is 5.20. The monoisotopic (exact) mass is 353 g/mol. The Morgan fingerprint density at radius 2 is 1.92 bits per heavy atom. The van der Waals surface area contributed by atoms with Gasteiger partial charge in [-0.3, -0.25) is 9.69 Å². The van der Waals surface area contributed by atoms with E-state index in [9.17, 15) is 4.79 Å². The summed E-state index contributed by atoms with van der Waals surface area (Å²) in [7, 11) is 0. The van der Waals surface area contributed by atoms with E-state index in [2.05, 4.69) is 11.4 Å². The average Bonchev–Trinajstić information content (AvgIpc) is 2.85. The van der Waals surface area contributed by atoms with Crippen molar-refractivity contribution < 1.29 is 4.79 Å². The first kappa shape index (κ1) is 16.2. The number of carbonyl (C=O) groups excluding carboxylic acids is 1. The number of halogens is 1. The van der Waals surface area contributed by atoms with Gasteiger partial charge in [0.2, 0.25) is 0 Å². The van der Waals surface area contributed by atoms with Crippen molar-refractivity contribution in [2.24, 2.45) is 0 Å². The average molecular weight is 354 g/mol. The highest BCUT2D eigenvalue weighted by molar-refractivity contribution is 7.80. The highest BCUT2D eigenvalue weighted by Crippen LogP contribution is 2.21. The second kappa shape index (κ2) is 6.83. The van der Waals surface area contributed by atoms with Crippen LogP contribution in [0, 0.1) is 11.3 Å². The summed E-state index contributed by atoms with van der Waals surface area (Å²) >= 11 is 11.4. The molecule has 3 rings (SSSR count). The zero-order valence-electron chi connectivity index (χ0n) is 12.5. The molecule has 1 fully saturated rings. The molecule has 4 nitrogen and oxygen atoms in total. The van der Waals surface area contributed by atoms with Gasteiger partial charge in [-0.15, -0.1) is 0 Å². The minimum atomic E-state index is -0.204. The molecule has 0 radical (unpaired) electrons. The van der Waals surface area contributed by atoms with Crippen LogP contribution in [0.1, 0.15) is 16.7 Å². The quantitative estimate of drug-likeness (QED) is 0.678. The van der Waals surface area contributed by atoms with Gasteiger partial charge in [0.1, 0.15) is 5.70 Å². The number of hydrogen-bond donors (Lipinski definition) is 1. The molecule has 0 unspecified atom stereocenters. The fourth-order valence-electron chi connectivity index (χ4n) is 2.33. The molecule has 0 bridgehead atoms. The Kier molecular flexibility index (Phi) is 4.61. The van der Waals surface area contributed by atoms with Crippen LogP contribution in [0.2, 0.25) is 5.02 Å². The van der Waals surface area contributed by atoms with Gasteiger partial charge in [-0.05, 0) is 47.6 Å². The van der Waals surface area contributed by atoms with Crippen LogP contribution in [0.3, 0.4) is 0 Å². The third-order valence-electron chi connectivity index (χ3n) is 3.60. The van der Waals surface area contributed by atoms with Crippen LogP contribution in [0.5, 0.6) is 0 Å².